The quantitative estimate of drug-likeness (QED) is 0.795. The van der Waals surface area contributed by atoms with E-state index in [-0.39, 0.29) is 6.10 Å². The van der Waals surface area contributed by atoms with E-state index in [2.05, 4.69) is 12.2 Å². The fraction of sp³-hybridized carbons (Fsp3) is 1.00. The van der Waals surface area contributed by atoms with Crippen molar-refractivity contribution in [3.05, 3.63) is 0 Å². The second-order valence-electron chi connectivity index (χ2n) is 5.98. The van der Waals surface area contributed by atoms with E-state index in [0.717, 1.165) is 30.9 Å². The molecule has 0 heterocycles. The molecule has 0 aromatic rings. The molecular weight excluding hydrogens is 214 g/mol. The van der Waals surface area contributed by atoms with Gasteiger partial charge < -0.3 is 14.8 Å². The maximum Gasteiger partial charge on any atom is 0.0986 e. The molecule has 0 aromatic heterocycles. The van der Waals surface area contributed by atoms with Crippen LogP contribution in [0.25, 0.3) is 0 Å². The molecule has 98 valence electrons. The molecule has 0 spiro atoms. The minimum Gasteiger partial charge on any atom is -0.377 e. The molecule has 3 fully saturated rings. The molecule has 0 radical (unpaired) electrons. The van der Waals surface area contributed by atoms with Crippen molar-refractivity contribution in [1.29, 1.82) is 0 Å². The first kappa shape index (κ1) is 11.9. The smallest absolute Gasteiger partial charge is 0.0986 e. The monoisotopic (exact) mass is 239 g/mol. The maximum atomic E-state index is 5.67. The maximum absolute atomic E-state index is 5.67. The topological polar surface area (TPSA) is 30.5 Å². The van der Waals surface area contributed by atoms with E-state index in [1.165, 1.54) is 25.7 Å². The third kappa shape index (κ3) is 2.13. The van der Waals surface area contributed by atoms with Gasteiger partial charge in [0.2, 0.25) is 0 Å². The molecule has 0 aromatic carbocycles. The molecule has 3 rings (SSSR count). The van der Waals surface area contributed by atoms with Gasteiger partial charge >= 0.3 is 0 Å². The summed E-state index contributed by atoms with van der Waals surface area (Å²) in [6.07, 6.45) is 7.51. The predicted molar refractivity (Wildman–Crippen MR) is 67.0 cm³/mol. The first-order chi connectivity index (χ1) is 8.31. The van der Waals surface area contributed by atoms with Crippen LogP contribution in [0.3, 0.4) is 0 Å². The number of fused-ring (bicyclic) bond motifs is 2. The van der Waals surface area contributed by atoms with Gasteiger partial charge in [-0.3, -0.25) is 0 Å². The van der Waals surface area contributed by atoms with Crippen LogP contribution in [0.2, 0.25) is 0 Å². The van der Waals surface area contributed by atoms with Gasteiger partial charge in [-0.25, -0.2) is 0 Å². The van der Waals surface area contributed by atoms with E-state index >= 15 is 0 Å². The number of nitrogens with one attached hydrogen (secondary N) is 1. The van der Waals surface area contributed by atoms with Crippen molar-refractivity contribution in [2.45, 2.75) is 63.3 Å². The van der Waals surface area contributed by atoms with Gasteiger partial charge in [-0.15, -0.1) is 0 Å². The Kier molecular flexibility index (Phi) is 3.42. The highest BCUT2D eigenvalue weighted by Crippen LogP contribution is 2.45. The van der Waals surface area contributed by atoms with Crippen LogP contribution in [0.15, 0.2) is 0 Å². The van der Waals surface area contributed by atoms with Crippen LogP contribution >= 0.6 is 0 Å². The fourth-order valence-corrected chi connectivity index (χ4v) is 4.16. The molecule has 0 aliphatic heterocycles. The van der Waals surface area contributed by atoms with Crippen LogP contribution in [0.1, 0.15) is 39.0 Å². The van der Waals surface area contributed by atoms with Gasteiger partial charge in [0, 0.05) is 25.8 Å². The van der Waals surface area contributed by atoms with Crippen LogP contribution in [0, 0.1) is 11.8 Å². The standard InChI is InChI=1S/C14H25NO2/c1-3-17-13-8-12(14(13)16-2)15-11-7-9-4-5-10(11)6-9/h9-15H,3-8H2,1-2H3. The van der Waals surface area contributed by atoms with E-state index in [0.29, 0.717) is 12.1 Å². The van der Waals surface area contributed by atoms with E-state index in [4.69, 9.17) is 9.47 Å². The lowest BCUT2D eigenvalue weighted by atomic mass is 9.83. The third-order valence-corrected chi connectivity index (χ3v) is 5.07. The van der Waals surface area contributed by atoms with E-state index < -0.39 is 0 Å². The highest BCUT2D eigenvalue weighted by Gasteiger charge is 2.46. The Morgan fingerprint density at radius 3 is 2.59 bits per heavy atom. The molecule has 6 unspecified atom stereocenters. The summed E-state index contributed by atoms with van der Waals surface area (Å²) >= 11 is 0. The van der Waals surface area contributed by atoms with Crippen LogP contribution in [-0.4, -0.2) is 38.0 Å². The Labute approximate surface area is 104 Å². The van der Waals surface area contributed by atoms with Gasteiger partial charge in [0.15, 0.2) is 0 Å². The van der Waals surface area contributed by atoms with Crippen LogP contribution < -0.4 is 5.32 Å². The second-order valence-corrected chi connectivity index (χ2v) is 5.98. The average molecular weight is 239 g/mol. The van der Waals surface area contributed by atoms with E-state index in [1.54, 1.807) is 0 Å². The van der Waals surface area contributed by atoms with Crippen LogP contribution in [0.5, 0.6) is 0 Å². The molecule has 0 amide bonds. The number of hydrogen-bond acceptors (Lipinski definition) is 3. The van der Waals surface area contributed by atoms with Crippen molar-refractivity contribution in [2.75, 3.05) is 13.7 Å². The Morgan fingerprint density at radius 2 is 2.00 bits per heavy atom. The van der Waals surface area contributed by atoms with E-state index in [9.17, 15) is 0 Å². The zero-order valence-corrected chi connectivity index (χ0v) is 11.0. The lowest BCUT2D eigenvalue weighted by molar-refractivity contribution is -0.134. The van der Waals surface area contributed by atoms with Gasteiger partial charge in [0.25, 0.3) is 0 Å². The summed E-state index contributed by atoms with van der Waals surface area (Å²) in [6, 6.07) is 1.29. The highest BCUT2D eigenvalue weighted by molar-refractivity contribution is 5.02. The largest absolute Gasteiger partial charge is 0.377 e. The molecule has 1 N–H and O–H groups in total. The lowest BCUT2D eigenvalue weighted by Crippen LogP contribution is -2.62. The Bertz CT molecular complexity index is 271. The summed E-state index contributed by atoms with van der Waals surface area (Å²) in [5.41, 5.74) is 0. The van der Waals surface area contributed by atoms with E-state index in [1.807, 2.05) is 7.11 Å². The third-order valence-electron chi connectivity index (χ3n) is 5.07. The summed E-state index contributed by atoms with van der Waals surface area (Å²) in [7, 11) is 1.81. The summed E-state index contributed by atoms with van der Waals surface area (Å²) in [4.78, 5) is 0. The fourth-order valence-electron chi connectivity index (χ4n) is 4.16. The van der Waals surface area contributed by atoms with Crippen molar-refractivity contribution in [3.8, 4) is 0 Å². The molecule has 3 nitrogen and oxygen atoms in total. The molecular formula is C14H25NO2. The minimum absolute atomic E-state index is 0.272. The first-order valence-electron chi connectivity index (χ1n) is 7.22. The van der Waals surface area contributed by atoms with Crippen molar-refractivity contribution in [1.82, 2.24) is 5.32 Å². The van der Waals surface area contributed by atoms with Gasteiger partial charge in [-0.2, -0.15) is 0 Å². The normalized spacial score (nSPS) is 48.4. The van der Waals surface area contributed by atoms with Gasteiger partial charge in [0.1, 0.15) is 0 Å². The zero-order chi connectivity index (χ0) is 11.8. The Balaban J connectivity index is 1.50. The predicted octanol–water partition coefficient (Wildman–Crippen LogP) is 1.96. The number of hydrogen-bond donors (Lipinski definition) is 1. The molecule has 3 heteroatoms. The summed E-state index contributed by atoms with van der Waals surface area (Å²) in [5.74, 6) is 1.96. The highest BCUT2D eigenvalue weighted by atomic mass is 16.5. The molecule has 3 aliphatic rings. The second kappa shape index (κ2) is 4.87. The number of rotatable bonds is 5. The molecule has 3 aliphatic carbocycles. The van der Waals surface area contributed by atoms with Crippen molar-refractivity contribution in [2.24, 2.45) is 11.8 Å². The Hall–Kier alpha value is -0.120. The molecule has 0 saturated heterocycles. The van der Waals surface area contributed by atoms with Crippen molar-refractivity contribution < 1.29 is 9.47 Å². The SMILES string of the molecule is CCOC1CC(NC2CC3CCC2C3)C1OC. The van der Waals surface area contributed by atoms with Gasteiger partial charge in [-0.1, -0.05) is 6.42 Å². The van der Waals surface area contributed by atoms with Crippen molar-refractivity contribution >= 4 is 0 Å². The van der Waals surface area contributed by atoms with Crippen molar-refractivity contribution in [3.63, 3.8) is 0 Å². The summed E-state index contributed by atoms with van der Waals surface area (Å²) in [6.45, 7) is 2.86. The first-order valence-corrected chi connectivity index (χ1v) is 7.22. The van der Waals surface area contributed by atoms with Crippen LogP contribution in [-0.2, 0) is 9.47 Å². The molecule has 3 saturated carbocycles. The summed E-state index contributed by atoms with van der Waals surface area (Å²) in [5, 5.41) is 3.83. The molecule has 17 heavy (non-hydrogen) atoms. The number of ether oxygens (including phenoxy) is 2. The molecule has 6 atom stereocenters. The Morgan fingerprint density at radius 1 is 1.12 bits per heavy atom. The lowest BCUT2D eigenvalue weighted by Gasteiger charge is -2.45. The minimum atomic E-state index is 0.272. The van der Waals surface area contributed by atoms with Gasteiger partial charge in [0.05, 0.1) is 12.2 Å². The zero-order valence-electron chi connectivity index (χ0n) is 11.0. The van der Waals surface area contributed by atoms with Crippen LogP contribution in [0.4, 0.5) is 0 Å². The number of methoxy groups -OCH3 is 1. The van der Waals surface area contributed by atoms with Gasteiger partial charge in [-0.05, 0) is 44.4 Å². The molecule has 2 bridgehead atoms. The summed E-state index contributed by atoms with van der Waals surface area (Å²) < 4.78 is 11.2. The average Bonchev–Trinajstić information content (AvgIpc) is 2.89.